The molecule has 0 spiro atoms. The van der Waals surface area contributed by atoms with Crippen LogP contribution in [0.1, 0.15) is 51.8 Å². The van der Waals surface area contributed by atoms with Gasteiger partial charge in [-0.3, -0.25) is 4.79 Å². The highest BCUT2D eigenvalue weighted by Crippen LogP contribution is 2.36. The van der Waals surface area contributed by atoms with Gasteiger partial charge in [-0.1, -0.05) is 5.57 Å². The normalized spacial score (nSPS) is 17.8. The van der Waals surface area contributed by atoms with E-state index in [4.69, 9.17) is 4.74 Å². The summed E-state index contributed by atoms with van der Waals surface area (Å²) in [5.41, 5.74) is 4.46. The molecule has 1 amide bonds. The summed E-state index contributed by atoms with van der Waals surface area (Å²) < 4.78 is 5.10. The van der Waals surface area contributed by atoms with Gasteiger partial charge in [0.2, 0.25) is 0 Å². The van der Waals surface area contributed by atoms with E-state index in [1.54, 1.807) is 13.3 Å². The molecule has 1 N–H and O–H groups in total. The molecule has 0 bridgehead atoms. The molecule has 1 fully saturated rings. The Morgan fingerprint density at radius 3 is 2.64 bits per heavy atom. The molecular formula is C21H29N5O2. The molecule has 2 heterocycles. The van der Waals surface area contributed by atoms with Crippen molar-refractivity contribution in [2.24, 2.45) is 4.99 Å². The maximum Gasteiger partial charge on any atom is 0.316 e. The fourth-order valence-electron chi connectivity index (χ4n) is 3.45. The zero-order valence-electron chi connectivity index (χ0n) is 17.4. The first-order valence-corrected chi connectivity index (χ1v) is 9.59. The van der Waals surface area contributed by atoms with Crippen molar-refractivity contribution in [3.05, 3.63) is 40.0 Å². The molecule has 1 aliphatic carbocycles. The van der Waals surface area contributed by atoms with Crippen molar-refractivity contribution in [3.63, 3.8) is 0 Å². The number of aliphatic imine (C=N–C) groups is 1. The van der Waals surface area contributed by atoms with Crippen molar-refractivity contribution in [2.45, 2.75) is 59.0 Å². The van der Waals surface area contributed by atoms with Crippen LogP contribution >= 0.6 is 0 Å². The molecule has 0 saturated heterocycles. The number of nitrogens with one attached hydrogen (secondary N) is 1. The number of carbonyl (C=O) groups excluding carboxylic acids is 1. The zero-order chi connectivity index (χ0) is 20.5. The quantitative estimate of drug-likeness (QED) is 0.464. The molecule has 0 unspecified atom stereocenters. The van der Waals surface area contributed by atoms with Crippen LogP contribution in [-0.2, 0) is 17.8 Å². The molecule has 28 heavy (non-hydrogen) atoms. The van der Waals surface area contributed by atoms with Gasteiger partial charge in [0, 0.05) is 48.0 Å². The Bertz CT molecular complexity index is 864. The van der Waals surface area contributed by atoms with Gasteiger partial charge in [0.05, 0.1) is 12.8 Å². The van der Waals surface area contributed by atoms with Crippen molar-refractivity contribution >= 4 is 12.6 Å². The summed E-state index contributed by atoms with van der Waals surface area (Å²) in [5, 5.41) is 3.45. The molecule has 0 radical (unpaired) electrons. The molecular weight excluding hydrogens is 354 g/mol. The van der Waals surface area contributed by atoms with E-state index >= 15 is 0 Å². The summed E-state index contributed by atoms with van der Waals surface area (Å²) in [4.78, 5) is 28.0. The van der Waals surface area contributed by atoms with Gasteiger partial charge in [0.15, 0.2) is 0 Å². The van der Waals surface area contributed by atoms with Crippen LogP contribution in [0.15, 0.2) is 33.7 Å². The Labute approximate surface area is 166 Å². The zero-order valence-corrected chi connectivity index (χ0v) is 17.4. The van der Waals surface area contributed by atoms with Crippen LogP contribution < -0.4 is 10.1 Å². The summed E-state index contributed by atoms with van der Waals surface area (Å²) in [7, 11) is 1.55. The Morgan fingerprint density at radius 2 is 2.07 bits per heavy atom. The second-order valence-electron chi connectivity index (χ2n) is 8.00. The van der Waals surface area contributed by atoms with E-state index < -0.39 is 0 Å². The lowest BCUT2D eigenvalue weighted by molar-refractivity contribution is -0.127. The maximum atomic E-state index is 13.4. The first-order valence-electron chi connectivity index (χ1n) is 9.59. The van der Waals surface area contributed by atoms with E-state index in [0.29, 0.717) is 36.9 Å². The number of hydrogen-bond acceptors (Lipinski definition) is 6. The smallest absolute Gasteiger partial charge is 0.316 e. The lowest BCUT2D eigenvalue weighted by Crippen LogP contribution is -2.38. The molecule has 7 nitrogen and oxygen atoms in total. The van der Waals surface area contributed by atoms with Crippen molar-refractivity contribution in [1.29, 1.82) is 0 Å². The van der Waals surface area contributed by atoms with Crippen LogP contribution in [0, 0.1) is 0 Å². The molecule has 1 saturated carbocycles. The molecule has 1 aromatic heterocycles. The van der Waals surface area contributed by atoms with Crippen molar-refractivity contribution < 1.29 is 9.53 Å². The lowest BCUT2D eigenvalue weighted by Gasteiger charge is -2.30. The number of fused-ring (bicyclic) bond motifs is 1. The van der Waals surface area contributed by atoms with Crippen LogP contribution in [0.5, 0.6) is 6.01 Å². The first kappa shape index (κ1) is 20.0. The fourth-order valence-corrected chi connectivity index (χ4v) is 3.45. The minimum atomic E-state index is 0.00266. The van der Waals surface area contributed by atoms with Gasteiger partial charge in [0.1, 0.15) is 5.82 Å². The molecule has 1 aromatic rings. The first-order chi connectivity index (χ1) is 13.3. The predicted octanol–water partition coefficient (Wildman–Crippen LogP) is 2.78. The number of aromatic nitrogens is 2. The monoisotopic (exact) mass is 383 g/mol. The largest absolute Gasteiger partial charge is 0.467 e. The van der Waals surface area contributed by atoms with E-state index in [1.807, 2.05) is 25.7 Å². The van der Waals surface area contributed by atoms with E-state index in [-0.39, 0.29) is 11.4 Å². The summed E-state index contributed by atoms with van der Waals surface area (Å²) >= 11 is 0. The van der Waals surface area contributed by atoms with E-state index in [2.05, 4.69) is 33.9 Å². The summed E-state index contributed by atoms with van der Waals surface area (Å²) in [5.74, 6) is 0.692. The fraction of sp³-hybridized carbons (Fsp3) is 0.524. The van der Waals surface area contributed by atoms with Gasteiger partial charge in [-0.05, 0) is 47.3 Å². The topological polar surface area (TPSA) is 79.7 Å². The minimum absolute atomic E-state index is 0.00266. The number of methoxy groups -OCH3 is 1. The Kier molecular flexibility index (Phi) is 5.54. The third-order valence-electron chi connectivity index (χ3n) is 5.40. The van der Waals surface area contributed by atoms with Crippen LogP contribution in [-0.4, -0.2) is 46.7 Å². The van der Waals surface area contributed by atoms with E-state index in [9.17, 15) is 4.79 Å². The number of nitrogens with zero attached hydrogens (tertiary/aromatic N) is 4. The summed E-state index contributed by atoms with van der Waals surface area (Å²) in [6.45, 7) is 12.8. The van der Waals surface area contributed by atoms with Crippen LogP contribution in [0.4, 0.5) is 0 Å². The summed E-state index contributed by atoms with van der Waals surface area (Å²) in [6, 6.07) is 0.364. The third-order valence-corrected chi connectivity index (χ3v) is 5.40. The molecule has 7 heteroatoms. The molecule has 3 rings (SSSR count). The number of allylic oxidation sites excluding steroid dienone is 1. The van der Waals surface area contributed by atoms with Crippen molar-refractivity contribution in [2.75, 3.05) is 13.7 Å². The average molecular weight is 383 g/mol. The molecule has 0 atom stereocenters. The second-order valence-corrected chi connectivity index (χ2v) is 8.00. The Balaban J connectivity index is 1.86. The Morgan fingerprint density at radius 1 is 1.36 bits per heavy atom. The number of hydrogen-bond donors (Lipinski definition) is 1. The van der Waals surface area contributed by atoms with Crippen molar-refractivity contribution in [3.8, 4) is 6.01 Å². The molecule has 2 aliphatic rings. The second kappa shape index (κ2) is 7.73. The highest BCUT2D eigenvalue weighted by Gasteiger charge is 2.38. The van der Waals surface area contributed by atoms with E-state index in [1.165, 1.54) is 0 Å². The SMILES string of the molecule is C=N/C(NC1(C)CC1)=C(\C)C(C(=O)N1CCc2nc(OC)ncc2C1)=C(C)C. The number of carbonyl (C=O) groups is 1. The summed E-state index contributed by atoms with van der Waals surface area (Å²) in [6.07, 6.45) is 4.63. The van der Waals surface area contributed by atoms with E-state index in [0.717, 1.165) is 35.2 Å². The van der Waals surface area contributed by atoms with Crippen LogP contribution in [0.25, 0.3) is 0 Å². The number of amides is 1. The maximum absolute atomic E-state index is 13.4. The molecule has 150 valence electrons. The van der Waals surface area contributed by atoms with Gasteiger partial charge >= 0.3 is 6.01 Å². The van der Waals surface area contributed by atoms with Gasteiger partial charge in [-0.15, -0.1) is 0 Å². The standard InChI is InChI=1S/C21H29N5O2/c1-13(2)17(14(3)18(22-5)25-21(4)8-9-21)19(27)26-10-7-16-15(12-26)11-23-20(24-16)28-6/h11,25H,5,7-10,12H2,1-4,6H3/b18-14-. The highest BCUT2D eigenvalue weighted by molar-refractivity contribution is 5.98. The Hall–Kier alpha value is -2.70. The number of ether oxygens (including phenoxy) is 1. The number of rotatable bonds is 6. The third kappa shape index (κ3) is 4.08. The van der Waals surface area contributed by atoms with Gasteiger partial charge in [-0.25, -0.2) is 9.98 Å². The predicted molar refractivity (Wildman–Crippen MR) is 109 cm³/mol. The minimum Gasteiger partial charge on any atom is -0.467 e. The highest BCUT2D eigenvalue weighted by atomic mass is 16.5. The van der Waals surface area contributed by atoms with Gasteiger partial charge in [-0.2, -0.15) is 4.98 Å². The molecule has 0 aromatic carbocycles. The van der Waals surface area contributed by atoms with Crippen LogP contribution in [0.2, 0.25) is 0 Å². The lowest BCUT2D eigenvalue weighted by atomic mass is 9.98. The van der Waals surface area contributed by atoms with Crippen molar-refractivity contribution in [1.82, 2.24) is 20.2 Å². The average Bonchev–Trinajstić information content (AvgIpc) is 3.42. The van der Waals surface area contributed by atoms with Gasteiger partial charge < -0.3 is 15.0 Å². The van der Waals surface area contributed by atoms with Crippen LogP contribution in [0.3, 0.4) is 0 Å². The molecule has 1 aliphatic heterocycles. The van der Waals surface area contributed by atoms with Gasteiger partial charge in [0.25, 0.3) is 5.91 Å².